The zero-order valence-electron chi connectivity index (χ0n) is 11.3. The van der Waals surface area contributed by atoms with Crippen LogP contribution in [0.4, 0.5) is 5.69 Å². The number of thiol groups is 1. The summed E-state index contributed by atoms with van der Waals surface area (Å²) in [4.78, 5) is 12.9. The molecule has 0 aliphatic carbocycles. The number of ether oxygens (including phenoxy) is 1. The Morgan fingerprint density at radius 2 is 2.00 bits per heavy atom. The van der Waals surface area contributed by atoms with Crippen molar-refractivity contribution >= 4 is 24.2 Å². The SMILES string of the molecule is CCCOc1cccc(C(=O)Nc2ccccc2S)c1. The fourth-order valence-corrected chi connectivity index (χ4v) is 1.94. The Morgan fingerprint density at radius 1 is 1.20 bits per heavy atom. The summed E-state index contributed by atoms with van der Waals surface area (Å²) in [5.74, 6) is 0.534. The highest BCUT2D eigenvalue weighted by molar-refractivity contribution is 7.80. The third-order valence-electron chi connectivity index (χ3n) is 2.72. The average Bonchev–Trinajstić information content (AvgIpc) is 2.48. The van der Waals surface area contributed by atoms with E-state index in [2.05, 4.69) is 17.9 Å². The number of rotatable bonds is 5. The van der Waals surface area contributed by atoms with E-state index in [1.807, 2.05) is 43.3 Å². The molecular formula is C16H17NO2S. The Morgan fingerprint density at radius 3 is 2.75 bits per heavy atom. The maximum atomic E-state index is 12.2. The molecule has 2 rings (SSSR count). The highest BCUT2D eigenvalue weighted by atomic mass is 32.1. The summed E-state index contributed by atoms with van der Waals surface area (Å²) in [7, 11) is 0. The fraction of sp³-hybridized carbons (Fsp3) is 0.188. The quantitative estimate of drug-likeness (QED) is 0.815. The maximum Gasteiger partial charge on any atom is 0.255 e. The molecule has 0 aliphatic rings. The smallest absolute Gasteiger partial charge is 0.255 e. The van der Waals surface area contributed by atoms with Crippen molar-refractivity contribution in [2.75, 3.05) is 11.9 Å². The monoisotopic (exact) mass is 287 g/mol. The summed E-state index contributed by atoms with van der Waals surface area (Å²) < 4.78 is 5.52. The van der Waals surface area contributed by atoms with E-state index in [1.54, 1.807) is 12.1 Å². The summed E-state index contributed by atoms with van der Waals surface area (Å²) >= 11 is 4.31. The standard InChI is InChI=1S/C16H17NO2S/c1-2-10-19-13-7-5-6-12(11-13)16(18)17-14-8-3-4-9-15(14)20/h3-9,11,20H,2,10H2,1H3,(H,17,18). The molecule has 0 saturated heterocycles. The number of anilines is 1. The van der Waals surface area contributed by atoms with E-state index in [0.717, 1.165) is 11.3 Å². The van der Waals surface area contributed by atoms with Gasteiger partial charge >= 0.3 is 0 Å². The Kier molecular flexibility index (Phi) is 5.07. The highest BCUT2D eigenvalue weighted by Crippen LogP contribution is 2.20. The van der Waals surface area contributed by atoms with E-state index in [0.29, 0.717) is 23.6 Å². The highest BCUT2D eigenvalue weighted by Gasteiger charge is 2.08. The molecule has 0 spiro atoms. The molecule has 4 heteroatoms. The van der Waals surface area contributed by atoms with Crippen LogP contribution in [0.25, 0.3) is 0 Å². The van der Waals surface area contributed by atoms with E-state index >= 15 is 0 Å². The molecule has 1 N–H and O–H groups in total. The fourth-order valence-electron chi connectivity index (χ4n) is 1.72. The predicted molar refractivity (Wildman–Crippen MR) is 83.9 cm³/mol. The van der Waals surface area contributed by atoms with Crippen LogP contribution in [0.2, 0.25) is 0 Å². The van der Waals surface area contributed by atoms with Crippen LogP contribution < -0.4 is 10.1 Å². The van der Waals surface area contributed by atoms with Crippen molar-refractivity contribution in [3.63, 3.8) is 0 Å². The lowest BCUT2D eigenvalue weighted by atomic mass is 10.2. The molecule has 2 aromatic carbocycles. The first-order chi connectivity index (χ1) is 9.70. The van der Waals surface area contributed by atoms with Crippen LogP contribution in [0, 0.1) is 0 Å². The molecule has 104 valence electrons. The van der Waals surface area contributed by atoms with E-state index in [-0.39, 0.29) is 5.91 Å². The Hall–Kier alpha value is -1.94. The van der Waals surface area contributed by atoms with Crippen molar-refractivity contribution in [1.29, 1.82) is 0 Å². The largest absolute Gasteiger partial charge is 0.494 e. The number of benzene rings is 2. The topological polar surface area (TPSA) is 38.3 Å². The van der Waals surface area contributed by atoms with Gasteiger partial charge in [0.05, 0.1) is 12.3 Å². The molecule has 0 atom stereocenters. The molecular weight excluding hydrogens is 270 g/mol. The lowest BCUT2D eigenvalue weighted by molar-refractivity contribution is 0.102. The van der Waals surface area contributed by atoms with Gasteiger partial charge in [0.15, 0.2) is 0 Å². The second-order valence-electron chi connectivity index (χ2n) is 4.35. The second kappa shape index (κ2) is 7.01. The van der Waals surface area contributed by atoms with Crippen molar-refractivity contribution < 1.29 is 9.53 Å². The van der Waals surface area contributed by atoms with Crippen LogP contribution in [-0.2, 0) is 0 Å². The van der Waals surface area contributed by atoms with Crippen molar-refractivity contribution in [3.05, 3.63) is 54.1 Å². The molecule has 0 saturated carbocycles. The van der Waals surface area contributed by atoms with Gasteiger partial charge in [0.2, 0.25) is 0 Å². The van der Waals surface area contributed by atoms with Crippen molar-refractivity contribution in [2.24, 2.45) is 0 Å². The summed E-state index contributed by atoms with van der Waals surface area (Å²) in [5, 5.41) is 2.84. The lowest BCUT2D eigenvalue weighted by Crippen LogP contribution is -2.12. The molecule has 0 aliphatic heterocycles. The van der Waals surface area contributed by atoms with Gasteiger partial charge in [0.25, 0.3) is 5.91 Å². The first-order valence-electron chi connectivity index (χ1n) is 6.53. The lowest BCUT2D eigenvalue weighted by Gasteiger charge is -2.09. The van der Waals surface area contributed by atoms with Gasteiger partial charge in [0.1, 0.15) is 5.75 Å². The van der Waals surface area contributed by atoms with Crippen LogP contribution in [0.1, 0.15) is 23.7 Å². The van der Waals surface area contributed by atoms with Gasteiger partial charge in [-0.25, -0.2) is 0 Å². The average molecular weight is 287 g/mol. The van der Waals surface area contributed by atoms with Crippen molar-refractivity contribution in [1.82, 2.24) is 0 Å². The summed E-state index contributed by atoms with van der Waals surface area (Å²) in [6.45, 7) is 2.69. The van der Waals surface area contributed by atoms with Gasteiger partial charge in [-0.05, 0) is 36.8 Å². The van der Waals surface area contributed by atoms with Crippen LogP contribution in [-0.4, -0.2) is 12.5 Å². The van der Waals surface area contributed by atoms with Crippen molar-refractivity contribution in [3.8, 4) is 5.75 Å². The van der Waals surface area contributed by atoms with E-state index in [4.69, 9.17) is 4.74 Å². The third-order valence-corrected chi connectivity index (χ3v) is 3.11. The van der Waals surface area contributed by atoms with Crippen molar-refractivity contribution in [2.45, 2.75) is 18.2 Å². The van der Waals surface area contributed by atoms with Gasteiger partial charge < -0.3 is 10.1 Å². The third kappa shape index (κ3) is 3.78. The second-order valence-corrected chi connectivity index (χ2v) is 4.83. The molecule has 0 aromatic heterocycles. The van der Waals surface area contributed by atoms with E-state index < -0.39 is 0 Å². The Bertz CT molecular complexity index is 599. The molecule has 20 heavy (non-hydrogen) atoms. The number of hydrogen-bond acceptors (Lipinski definition) is 3. The van der Waals surface area contributed by atoms with Gasteiger partial charge in [0, 0.05) is 10.5 Å². The van der Waals surface area contributed by atoms with E-state index in [9.17, 15) is 4.79 Å². The zero-order chi connectivity index (χ0) is 14.4. The van der Waals surface area contributed by atoms with Gasteiger partial charge in [-0.1, -0.05) is 25.1 Å². The molecule has 3 nitrogen and oxygen atoms in total. The number of hydrogen-bond donors (Lipinski definition) is 2. The zero-order valence-corrected chi connectivity index (χ0v) is 12.2. The number of carbonyl (C=O) groups is 1. The van der Waals surface area contributed by atoms with Crippen LogP contribution in [0.3, 0.4) is 0 Å². The van der Waals surface area contributed by atoms with Crippen LogP contribution >= 0.6 is 12.6 Å². The van der Waals surface area contributed by atoms with E-state index in [1.165, 1.54) is 0 Å². The van der Waals surface area contributed by atoms with Gasteiger partial charge in [-0.3, -0.25) is 4.79 Å². The number of nitrogens with one attached hydrogen (secondary N) is 1. The Balaban J connectivity index is 2.11. The maximum absolute atomic E-state index is 12.2. The Labute approximate surface area is 124 Å². The molecule has 0 fully saturated rings. The van der Waals surface area contributed by atoms with Gasteiger partial charge in [-0.2, -0.15) is 0 Å². The molecule has 0 heterocycles. The number of carbonyl (C=O) groups excluding carboxylic acids is 1. The minimum atomic E-state index is -0.173. The summed E-state index contributed by atoms with van der Waals surface area (Å²) in [5.41, 5.74) is 1.26. The molecule has 0 bridgehead atoms. The molecule has 0 unspecified atom stereocenters. The predicted octanol–water partition coefficient (Wildman–Crippen LogP) is 4.02. The molecule has 2 aromatic rings. The minimum Gasteiger partial charge on any atom is -0.494 e. The minimum absolute atomic E-state index is 0.173. The van der Waals surface area contributed by atoms with Crippen LogP contribution in [0.5, 0.6) is 5.75 Å². The van der Waals surface area contributed by atoms with Gasteiger partial charge in [-0.15, -0.1) is 12.6 Å². The summed E-state index contributed by atoms with van der Waals surface area (Å²) in [6, 6.07) is 14.5. The normalized spacial score (nSPS) is 10.1. The number of para-hydroxylation sites is 1. The van der Waals surface area contributed by atoms with Crippen LogP contribution in [0.15, 0.2) is 53.4 Å². The first kappa shape index (κ1) is 14.5. The summed E-state index contributed by atoms with van der Waals surface area (Å²) in [6.07, 6.45) is 0.934. The first-order valence-corrected chi connectivity index (χ1v) is 6.97. The molecule has 0 radical (unpaired) electrons. The molecule has 1 amide bonds. The number of amides is 1.